The van der Waals surface area contributed by atoms with Crippen molar-refractivity contribution >= 4 is 32.9 Å². The molecule has 0 aliphatic carbocycles. The molecule has 1 saturated heterocycles. The second-order valence-electron chi connectivity index (χ2n) is 7.58. The lowest BCUT2D eigenvalue weighted by molar-refractivity contribution is -0.200. The minimum Gasteiger partial charge on any atom is -0.367 e. The Morgan fingerprint density at radius 1 is 1.28 bits per heavy atom. The Morgan fingerprint density at radius 3 is 2.76 bits per heavy atom. The van der Waals surface area contributed by atoms with Crippen LogP contribution in [0.2, 0.25) is 0 Å². The summed E-state index contributed by atoms with van der Waals surface area (Å²) in [6.07, 6.45) is 2.51. The van der Waals surface area contributed by atoms with E-state index in [1.165, 1.54) is 0 Å². The molecule has 7 heteroatoms. The van der Waals surface area contributed by atoms with E-state index in [4.69, 9.17) is 4.84 Å². The minimum absolute atomic E-state index is 0.0907. The number of aromatic nitrogens is 2. The maximum atomic E-state index is 12.5. The van der Waals surface area contributed by atoms with Crippen LogP contribution in [0.4, 0.5) is 0 Å². The first-order valence-corrected chi connectivity index (χ1v) is 9.43. The van der Waals surface area contributed by atoms with Crippen molar-refractivity contribution in [1.29, 1.82) is 0 Å². The summed E-state index contributed by atoms with van der Waals surface area (Å²) >= 11 is 3.49. The van der Waals surface area contributed by atoms with Crippen LogP contribution < -0.4 is 5.69 Å². The lowest BCUT2D eigenvalue weighted by atomic mass is 9.98. The van der Waals surface area contributed by atoms with Crippen molar-refractivity contribution in [2.75, 3.05) is 13.1 Å². The van der Waals surface area contributed by atoms with Crippen LogP contribution in [-0.4, -0.2) is 33.7 Å². The number of nitrogens with zero attached hydrogens (tertiary/aromatic N) is 2. The zero-order chi connectivity index (χ0) is 18.2. The highest BCUT2D eigenvalue weighted by Crippen LogP contribution is 2.28. The van der Waals surface area contributed by atoms with E-state index in [0.29, 0.717) is 13.1 Å². The zero-order valence-electron chi connectivity index (χ0n) is 14.8. The van der Waals surface area contributed by atoms with E-state index in [0.717, 1.165) is 34.8 Å². The minimum atomic E-state index is -0.522. The monoisotopic (exact) mass is 409 g/mol. The van der Waals surface area contributed by atoms with Crippen LogP contribution in [0, 0.1) is 5.41 Å². The van der Waals surface area contributed by atoms with Crippen molar-refractivity contribution in [1.82, 2.24) is 14.6 Å². The average Bonchev–Trinajstić information content (AvgIpc) is 2.71. The summed E-state index contributed by atoms with van der Waals surface area (Å²) in [5, 5.41) is 1.74. The van der Waals surface area contributed by atoms with Crippen LogP contribution >= 0.6 is 15.9 Å². The molecule has 1 atom stereocenters. The number of imidazole rings is 1. The van der Waals surface area contributed by atoms with Crippen LogP contribution in [0.5, 0.6) is 0 Å². The first-order chi connectivity index (χ1) is 11.8. The lowest BCUT2D eigenvalue weighted by Crippen LogP contribution is -2.34. The van der Waals surface area contributed by atoms with Gasteiger partial charge in [-0.25, -0.2) is 9.59 Å². The quantitative estimate of drug-likeness (QED) is 0.821. The van der Waals surface area contributed by atoms with Gasteiger partial charge in [0.1, 0.15) is 0 Å². The molecule has 1 aromatic carbocycles. The smallest absolute Gasteiger partial charge is 0.330 e. The van der Waals surface area contributed by atoms with Crippen molar-refractivity contribution < 1.29 is 9.63 Å². The highest BCUT2D eigenvalue weighted by molar-refractivity contribution is 9.10. The number of nitrogens with one attached hydrogen (secondary N) is 1. The van der Waals surface area contributed by atoms with Gasteiger partial charge in [0, 0.05) is 23.6 Å². The Hall–Kier alpha value is -1.60. The summed E-state index contributed by atoms with van der Waals surface area (Å²) in [7, 11) is 0. The molecule has 0 spiro atoms. The van der Waals surface area contributed by atoms with Crippen molar-refractivity contribution in [3.63, 3.8) is 0 Å². The summed E-state index contributed by atoms with van der Waals surface area (Å²) in [5.74, 6) is -0.223. The average molecular weight is 410 g/mol. The number of fused-ring (bicyclic) bond motifs is 1. The number of para-hydroxylation sites is 1. The second kappa shape index (κ2) is 6.96. The van der Waals surface area contributed by atoms with Crippen molar-refractivity contribution in [2.45, 2.75) is 46.1 Å². The summed E-state index contributed by atoms with van der Waals surface area (Å²) < 4.78 is 2.73. The summed E-state index contributed by atoms with van der Waals surface area (Å²) in [4.78, 5) is 33.0. The SMILES string of the molecule is CC(C)(C)C(=O)ON1CCCC(n2c(=O)[nH]c3c(Br)cccc32)CC1. The number of carbonyl (C=O) groups is 1. The van der Waals surface area contributed by atoms with Gasteiger partial charge >= 0.3 is 11.7 Å². The number of hydroxylamine groups is 2. The number of rotatable bonds is 2. The van der Waals surface area contributed by atoms with Crippen molar-refractivity contribution in [2.24, 2.45) is 5.41 Å². The Morgan fingerprint density at radius 2 is 2.04 bits per heavy atom. The molecule has 0 bridgehead atoms. The van der Waals surface area contributed by atoms with E-state index in [1.54, 1.807) is 5.06 Å². The van der Waals surface area contributed by atoms with E-state index >= 15 is 0 Å². The topological polar surface area (TPSA) is 67.3 Å². The van der Waals surface area contributed by atoms with Gasteiger partial charge in [0.2, 0.25) is 0 Å². The van der Waals surface area contributed by atoms with Crippen LogP contribution in [-0.2, 0) is 9.63 Å². The van der Waals surface area contributed by atoms with Gasteiger partial charge in [-0.3, -0.25) is 4.57 Å². The number of halogens is 1. The predicted octanol–water partition coefficient (Wildman–Crippen LogP) is 3.62. The van der Waals surface area contributed by atoms with E-state index in [9.17, 15) is 9.59 Å². The molecule has 1 unspecified atom stereocenters. The summed E-state index contributed by atoms with van der Waals surface area (Å²) in [6, 6.07) is 5.91. The lowest BCUT2D eigenvalue weighted by Gasteiger charge is -2.24. The Labute approximate surface area is 155 Å². The molecule has 2 aromatic rings. The van der Waals surface area contributed by atoms with E-state index in [1.807, 2.05) is 43.5 Å². The maximum absolute atomic E-state index is 12.5. The van der Waals surface area contributed by atoms with Crippen LogP contribution in [0.15, 0.2) is 27.5 Å². The van der Waals surface area contributed by atoms with Crippen LogP contribution in [0.1, 0.15) is 46.1 Å². The fraction of sp³-hybridized carbons (Fsp3) is 0.556. The highest BCUT2D eigenvalue weighted by Gasteiger charge is 2.28. The van der Waals surface area contributed by atoms with E-state index < -0.39 is 5.41 Å². The molecule has 0 saturated carbocycles. The van der Waals surface area contributed by atoms with Crippen molar-refractivity contribution in [3.05, 3.63) is 33.2 Å². The molecule has 136 valence electrons. The Kier molecular flexibility index (Phi) is 5.06. The molecule has 0 radical (unpaired) electrons. The molecule has 25 heavy (non-hydrogen) atoms. The second-order valence-corrected chi connectivity index (χ2v) is 8.43. The number of benzene rings is 1. The molecule has 3 rings (SSSR count). The molecule has 1 aromatic heterocycles. The first-order valence-electron chi connectivity index (χ1n) is 8.63. The van der Waals surface area contributed by atoms with Gasteiger partial charge in [-0.05, 0) is 68.1 Å². The van der Waals surface area contributed by atoms with Gasteiger partial charge in [-0.2, -0.15) is 0 Å². The van der Waals surface area contributed by atoms with E-state index in [2.05, 4.69) is 20.9 Å². The van der Waals surface area contributed by atoms with Crippen molar-refractivity contribution in [3.8, 4) is 0 Å². The molecule has 1 N–H and O–H groups in total. The van der Waals surface area contributed by atoms with Crippen LogP contribution in [0.3, 0.4) is 0 Å². The van der Waals surface area contributed by atoms with Crippen LogP contribution in [0.25, 0.3) is 11.0 Å². The zero-order valence-corrected chi connectivity index (χ0v) is 16.4. The highest BCUT2D eigenvalue weighted by atomic mass is 79.9. The predicted molar refractivity (Wildman–Crippen MR) is 100 cm³/mol. The molecule has 0 amide bonds. The molecular weight excluding hydrogens is 386 g/mol. The number of hydrogen-bond acceptors (Lipinski definition) is 4. The fourth-order valence-electron chi connectivity index (χ4n) is 3.13. The largest absolute Gasteiger partial charge is 0.367 e. The fourth-order valence-corrected chi connectivity index (χ4v) is 3.59. The van der Waals surface area contributed by atoms with Gasteiger partial charge < -0.3 is 9.82 Å². The van der Waals surface area contributed by atoms with Gasteiger partial charge in [-0.1, -0.05) is 6.07 Å². The molecule has 1 aliphatic rings. The number of H-pyrrole nitrogens is 1. The number of hydrogen-bond donors (Lipinski definition) is 1. The number of carbonyl (C=O) groups excluding carboxylic acids is 1. The Balaban J connectivity index is 1.78. The molecule has 1 aliphatic heterocycles. The van der Waals surface area contributed by atoms with Gasteiger partial charge in [-0.15, -0.1) is 5.06 Å². The third-order valence-electron chi connectivity index (χ3n) is 4.55. The molecular formula is C18H24BrN3O3. The standard InChI is InChI=1S/C18H24BrN3O3/c1-18(2,3)16(23)25-21-10-5-6-12(9-11-21)22-14-8-4-7-13(19)15(14)20-17(22)24/h4,7-8,12H,5-6,9-11H2,1-3H3,(H,20,24). The summed E-state index contributed by atoms with van der Waals surface area (Å²) in [6.45, 7) is 6.86. The molecule has 1 fully saturated rings. The van der Waals surface area contributed by atoms with E-state index in [-0.39, 0.29) is 17.7 Å². The third kappa shape index (κ3) is 3.82. The molecule has 6 nitrogen and oxygen atoms in total. The summed E-state index contributed by atoms with van der Waals surface area (Å²) in [5.41, 5.74) is 1.12. The van der Waals surface area contributed by atoms with Gasteiger partial charge in [0.15, 0.2) is 0 Å². The first kappa shape index (κ1) is 18.2. The van der Waals surface area contributed by atoms with Gasteiger partial charge in [0.05, 0.1) is 16.4 Å². The number of aromatic amines is 1. The third-order valence-corrected chi connectivity index (χ3v) is 5.21. The molecule has 2 heterocycles. The van der Waals surface area contributed by atoms with Gasteiger partial charge in [0.25, 0.3) is 0 Å². The Bertz CT molecular complexity index is 834. The normalized spacial score (nSPS) is 19.8. The maximum Gasteiger partial charge on any atom is 0.330 e.